The molecule has 0 N–H and O–H groups in total. The van der Waals surface area contributed by atoms with Crippen LogP contribution in [0, 0.1) is 6.07 Å². The van der Waals surface area contributed by atoms with Crippen molar-refractivity contribution in [2.45, 2.75) is 38.1 Å². The SMILES string of the molecule is [B]N1C(=O)CCCC1CCc1cc[c-]cc1.[Y]. The number of carbonyl (C=O) groups excluding carboxylic acids is 1. The summed E-state index contributed by atoms with van der Waals surface area (Å²) in [6, 6.07) is 11.2. The Morgan fingerprint density at radius 3 is 2.82 bits per heavy atom. The molecule has 4 heteroatoms. The van der Waals surface area contributed by atoms with Crippen molar-refractivity contribution >= 4 is 13.9 Å². The normalized spacial score (nSPS) is 19.9. The van der Waals surface area contributed by atoms with Crippen molar-refractivity contribution in [3.8, 4) is 0 Å². The molecule has 1 fully saturated rings. The van der Waals surface area contributed by atoms with Gasteiger partial charge in [-0.2, -0.15) is 35.9 Å². The van der Waals surface area contributed by atoms with Gasteiger partial charge in [0, 0.05) is 45.2 Å². The molecule has 1 aliphatic heterocycles. The van der Waals surface area contributed by atoms with Crippen LogP contribution < -0.4 is 0 Å². The number of benzene rings is 1. The second kappa shape index (κ2) is 7.33. The zero-order chi connectivity index (χ0) is 11.4. The van der Waals surface area contributed by atoms with Crippen LogP contribution in [0.15, 0.2) is 24.3 Å². The molecule has 1 atom stereocenters. The molecule has 1 heterocycles. The molecular formula is C13H15BNOY-. The molecular weight excluding hydrogens is 286 g/mol. The van der Waals surface area contributed by atoms with Crippen LogP contribution in [-0.2, 0) is 43.9 Å². The first-order valence-electron chi connectivity index (χ1n) is 5.79. The van der Waals surface area contributed by atoms with E-state index >= 15 is 0 Å². The maximum atomic E-state index is 11.4. The van der Waals surface area contributed by atoms with E-state index in [4.69, 9.17) is 7.98 Å². The first-order chi connectivity index (χ1) is 7.77. The van der Waals surface area contributed by atoms with E-state index in [2.05, 4.69) is 18.2 Å². The van der Waals surface area contributed by atoms with E-state index in [-0.39, 0.29) is 44.7 Å². The van der Waals surface area contributed by atoms with E-state index in [1.807, 2.05) is 12.1 Å². The maximum Gasteiger partial charge on any atom is 0.230 e. The number of amides is 1. The fraction of sp³-hybridized carbons (Fsp3) is 0.462. The second-order valence-electron chi connectivity index (χ2n) is 4.29. The van der Waals surface area contributed by atoms with Gasteiger partial charge in [-0.05, 0) is 25.7 Å². The van der Waals surface area contributed by atoms with Crippen LogP contribution in [0.1, 0.15) is 31.2 Å². The van der Waals surface area contributed by atoms with E-state index in [9.17, 15) is 4.79 Å². The molecule has 1 saturated heterocycles. The molecule has 0 spiro atoms. The molecule has 0 bridgehead atoms. The topological polar surface area (TPSA) is 20.3 Å². The molecule has 1 amide bonds. The van der Waals surface area contributed by atoms with Crippen LogP contribution in [0.3, 0.4) is 0 Å². The molecule has 0 aromatic heterocycles. The Kier molecular flexibility index (Phi) is 6.43. The number of carbonyl (C=O) groups is 1. The van der Waals surface area contributed by atoms with Gasteiger partial charge in [-0.15, -0.1) is 0 Å². The summed E-state index contributed by atoms with van der Waals surface area (Å²) in [6.07, 6.45) is 4.53. The quantitative estimate of drug-likeness (QED) is 0.616. The Morgan fingerprint density at radius 2 is 2.12 bits per heavy atom. The molecule has 17 heavy (non-hydrogen) atoms. The average molecular weight is 301 g/mol. The molecule has 1 aromatic carbocycles. The largest absolute Gasteiger partial charge is 0.394 e. The van der Waals surface area contributed by atoms with Crippen LogP contribution >= 0.6 is 0 Å². The van der Waals surface area contributed by atoms with Crippen LogP contribution in [-0.4, -0.2) is 24.7 Å². The third-order valence-corrected chi connectivity index (χ3v) is 3.16. The zero-order valence-corrected chi connectivity index (χ0v) is 12.8. The summed E-state index contributed by atoms with van der Waals surface area (Å²) in [6.45, 7) is 0. The molecule has 85 valence electrons. The van der Waals surface area contributed by atoms with Crippen molar-refractivity contribution in [2.24, 2.45) is 0 Å². The van der Waals surface area contributed by atoms with E-state index in [1.54, 1.807) is 0 Å². The van der Waals surface area contributed by atoms with E-state index in [0.717, 1.165) is 25.7 Å². The predicted octanol–water partition coefficient (Wildman–Crippen LogP) is 1.88. The van der Waals surface area contributed by atoms with Crippen molar-refractivity contribution in [1.29, 1.82) is 0 Å². The van der Waals surface area contributed by atoms with Gasteiger partial charge in [-0.3, -0.25) is 4.79 Å². The Balaban J connectivity index is 0.00000144. The number of piperidine rings is 1. The maximum absolute atomic E-state index is 11.4. The molecule has 1 aromatic rings. The number of aryl methyl sites for hydroxylation is 1. The van der Waals surface area contributed by atoms with Gasteiger partial charge in [-0.1, -0.05) is 0 Å². The minimum Gasteiger partial charge on any atom is -0.394 e. The van der Waals surface area contributed by atoms with Crippen LogP contribution in [0.4, 0.5) is 0 Å². The Labute approximate surface area is 129 Å². The smallest absolute Gasteiger partial charge is 0.230 e. The van der Waals surface area contributed by atoms with Gasteiger partial charge >= 0.3 is 0 Å². The van der Waals surface area contributed by atoms with Gasteiger partial charge in [-0.25, -0.2) is 0 Å². The number of hydrogen-bond acceptors (Lipinski definition) is 1. The van der Waals surface area contributed by atoms with Gasteiger partial charge < -0.3 is 4.81 Å². The second-order valence-corrected chi connectivity index (χ2v) is 4.29. The van der Waals surface area contributed by atoms with E-state index in [1.165, 1.54) is 10.4 Å². The first-order valence-corrected chi connectivity index (χ1v) is 5.79. The van der Waals surface area contributed by atoms with Crippen LogP contribution in [0.25, 0.3) is 0 Å². The minimum atomic E-state index is 0. The van der Waals surface area contributed by atoms with E-state index < -0.39 is 0 Å². The molecule has 0 saturated carbocycles. The minimum absolute atomic E-state index is 0. The van der Waals surface area contributed by atoms with Gasteiger partial charge in [0.25, 0.3) is 0 Å². The third kappa shape index (κ3) is 4.22. The first kappa shape index (κ1) is 14.9. The molecule has 1 aliphatic rings. The number of hydrogen-bond donors (Lipinski definition) is 0. The molecule has 2 nitrogen and oxygen atoms in total. The fourth-order valence-electron chi connectivity index (χ4n) is 2.17. The third-order valence-electron chi connectivity index (χ3n) is 3.16. The fourth-order valence-corrected chi connectivity index (χ4v) is 2.17. The summed E-state index contributed by atoms with van der Waals surface area (Å²) in [5.41, 5.74) is 1.28. The standard InChI is InChI=1S/C13H15BNO.Y/c14-15-12(7-4-8-13(15)16)10-9-11-5-2-1-3-6-11;/h2-3,5-6,12H,4,7-10H2;/q-1;. The molecule has 0 aliphatic carbocycles. The van der Waals surface area contributed by atoms with Crippen molar-refractivity contribution in [1.82, 2.24) is 4.81 Å². The van der Waals surface area contributed by atoms with Gasteiger partial charge in [0.1, 0.15) is 0 Å². The summed E-state index contributed by atoms with van der Waals surface area (Å²) < 4.78 is 0. The molecule has 3 radical (unpaired) electrons. The van der Waals surface area contributed by atoms with Crippen molar-refractivity contribution < 1.29 is 37.5 Å². The molecule has 1 unspecified atom stereocenters. The summed E-state index contributed by atoms with van der Waals surface area (Å²) in [5.74, 6) is 0.0812. The van der Waals surface area contributed by atoms with Crippen LogP contribution in [0.5, 0.6) is 0 Å². The molecule has 2 rings (SSSR count). The summed E-state index contributed by atoms with van der Waals surface area (Å²) in [5, 5.41) is 0. The van der Waals surface area contributed by atoms with Gasteiger partial charge in [0.2, 0.25) is 13.9 Å². The van der Waals surface area contributed by atoms with Crippen molar-refractivity contribution in [2.75, 3.05) is 0 Å². The number of rotatable bonds is 3. The Hall–Kier alpha value is -0.141. The number of nitrogens with zero attached hydrogens (tertiary/aromatic N) is 1. The zero-order valence-electron chi connectivity index (χ0n) is 9.93. The van der Waals surface area contributed by atoms with Crippen molar-refractivity contribution in [3.05, 3.63) is 35.9 Å². The van der Waals surface area contributed by atoms with Crippen LogP contribution in [0.2, 0.25) is 0 Å². The monoisotopic (exact) mass is 301 g/mol. The van der Waals surface area contributed by atoms with Gasteiger partial charge in [0.15, 0.2) is 0 Å². The summed E-state index contributed by atoms with van der Waals surface area (Å²) >= 11 is 0. The van der Waals surface area contributed by atoms with Crippen molar-refractivity contribution in [3.63, 3.8) is 0 Å². The summed E-state index contributed by atoms with van der Waals surface area (Å²) in [4.78, 5) is 12.8. The van der Waals surface area contributed by atoms with Gasteiger partial charge in [0.05, 0.1) is 0 Å². The predicted molar refractivity (Wildman–Crippen MR) is 63.8 cm³/mol. The summed E-state index contributed by atoms with van der Waals surface area (Å²) in [7, 11) is 5.76. The Bertz CT molecular complexity index is 358. The van der Waals surface area contributed by atoms with E-state index in [0.29, 0.717) is 6.42 Å². The Morgan fingerprint density at radius 1 is 1.41 bits per heavy atom. The average Bonchev–Trinajstić information content (AvgIpc) is 2.32.